The largest absolute Gasteiger partial charge is 0.383 e. The highest BCUT2D eigenvalue weighted by atomic mass is 32.1. The molecule has 1 N–H and O–H groups in total. The van der Waals surface area contributed by atoms with Crippen LogP contribution in [0.15, 0.2) is 0 Å². The van der Waals surface area contributed by atoms with E-state index in [9.17, 15) is 5.11 Å². The number of rotatable bonds is 25. The molecule has 0 saturated heterocycles. The third kappa shape index (κ3) is 24.5. The molecule has 0 radical (unpaired) electrons. The molecule has 0 amide bonds. The molecule has 0 aliphatic rings. The van der Waals surface area contributed by atoms with Crippen molar-refractivity contribution < 1.29 is 9.84 Å². The summed E-state index contributed by atoms with van der Waals surface area (Å²) in [7, 11) is 0. The van der Waals surface area contributed by atoms with Crippen LogP contribution in [0.2, 0.25) is 0 Å². The molecule has 0 bridgehead atoms. The predicted molar refractivity (Wildman–Crippen MR) is 138 cm³/mol. The third-order valence-corrected chi connectivity index (χ3v) is 6.49. The van der Waals surface area contributed by atoms with Crippen LogP contribution in [0.3, 0.4) is 0 Å². The highest BCUT2D eigenvalue weighted by molar-refractivity contribution is 7.80. The Hall–Kier alpha value is 0.270. The molecular formula is C27H56O2S. The molecule has 3 heteroatoms. The average Bonchev–Trinajstić information content (AvgIpc) is 2.73. The van der Waals surface area contributed by atoms with Crippen LogP contribution in [-0.4, -0.2) is 23.3 Å². The molecule has 2 nitrogen and oxygen atoms in total. The normalized spacial score (nSPS) is 13.6. The minimum absolute atomic E-state index is 0.315. The fourth-order valence-corrected chi connectivity index (χ4v) is 4.32. The van der Waals surface area contributed by atoms with Crippen molar-refractivity contribution in [3.8, 4) is 0 Å². The minimum atomic E-state index is -0.503. The van der Waals surface area contributed by atoms with Gasteiger partial charge in [0.05, 0.1) is 11.5 Å². The number of unbranched alkanes of at least 4 members (excludes halogenated alkanes) is 17. The van der Waals surface area contributed by atoms with E-state index in [1.807, 2.05) is 0 Å². The smallest absolute Gasteiger partial charge is 0.0965 e. The Morgan fingerprint density at radius 1 is 0.533 bits per heavy atom. The maximum Gasteiger partial charge on any atom is 0.0965 e. The number of aliphatic hydroxyl groups is 1. The average molecular weight is 445 g/mol. The summed E-state index contributed by atoms with van der Waals surface area (Å²) in [4.78, 5) is 0. The van der Waals surface area contributed by atoms with Gasteiger partial charge in [0.2, 0.25) is 0 Å². The van der Waals surface area contributed by atoms with Gasteiger partial charge in [-0.1, -0.05) is 129 Å². The first-order valence-corrected chi connectivity index (χ1v) is 14.2. The van der Waals surface area contributed by atoms with Gasteiger partial charge in [-0.3, -0.25) is 0 Å². The molecule has 0 aromatic rings. The molecule has 0 fully saturated rings. The van der Waals surface area contributed by atoms with Gasteiger partial charge in [-0.25, -0.2) is 0 Å². The van der Waals surface area contributed by atoms with Crippen molar-refractivity contribution in [3.63, 3.8) is 0 Å². The van der Waals surface area contributed by atoms with E-state index in [-0.39, 0.29) is 0 Å². The number of hydrogen-bond donors (Lipinski definition) is 2. The van der Waals surface area contributed by atoms with Crippen molar-refractivity contribution in [1.82, 2.24) is 0 Å². The summed E-state index contributed by atoms with van der Waals surface area (Å²) in [6.45, 7) is 5.45. The Labute approximate surface area is 195 Å². The maximum atomic E-state index is 9.50. The van der Waals surface area contributed by atoms with Crippen LogP contribution < -0.4 is 0 Å². The molecule has 0 spiro atoms. The van der Waals surface area contributed by atoms with Gasteiger partial charge < -0.3 is 9.84 Å². The first-order valence-electron chi connectivity index (χ1n) is 13.7. The van der Waals surface area contributed by atoms with E-state index in [0.29, 0.717) is 6.10 Å². The van der Waals surface area contributed by atoms with Gasteiger partial charge in [0.1, 0.15) is 0 Å². The van der Waals surface area contributed by atoms with E-state index in [1.165, 1.54) is 122 Å². The van der Waals surface area contributed by atoms with Gasteiger partial charge in [0.15, 0.2) is 0 Å². The molecule has 30 heavy (non-hydrogen) atoms. The van der Waals surface area contributed by atoms with Gasteiger partial charge >= 0.3 is 0 Å². The van der Waals surface area contributed by atoms with Gasteiger partial charge in [-0.15, -0.1) is 12.6 Å². The van der Waals surface area contributed by atoms with Crippen molar-refractivity contribution >= 4 is 12.6 Å². The summed E-state index contributed by atoms with van der Waals surface area (Å²) in [5.41, 5.74) is -0.503. The highest BCUT2D eigenvalue weighted by Gasteiger charge is 2.11. The molecule has 0 heterocycles. The van der Waals surface area contributed by atoms with Crippen LogP contribution >= 0.6 is 12.6 Å². The second kappa shape index (κ2) is 25.5. The van der Waals surface area contributed by atoms with Crippen molar-refractivity contribution in [2.45, 2.75) is 167 Å². The summed E-state index contributed by atoms with van der Waals surface area (Å²) in [5.74, 6) is 0. The van der Waals surface area contributed by atoms with Crippen LogP contribution in [0.25, 0.3) is 0 Å². The Morgan fingerprint density at radius 2 is 0.933 bits per heavy atom. The van der Waals surface area contributed by atoms with Crippen molar-refractivity contribution in [2.75, 3.05) is 6.61 Å². The Kier molecular flexibility index (Phi) is 25.8. The molecule has 2 atom stereocenters. The zero-order valence-electron chi connectivity index (χ0n) is 20.7. The molecule has 0 aliphatic carbocycles. The predicted octanol–water partition coefficient (Wildman–Crippen LogP) is 9.24. The molecule has 0 aliphatic heterocycles. The SMILES string of the molecule is CCCCCCCCCCCCCC(CCC(O)S)OCCCCCCCCCC. The standard InChI is InChI=1S/C27H56O2S/c1-3-5-7-9-11-13-14-15-16-18-20-22-26(23-24-27(28)30)29-25-21-19-17-12-10-8-6-4-2/h26-28,30H,3-25H2,1-2H3. The topological polar surface area (TPSA) is 29.5 Å². The Bertz CT molecular complexity index is 309. The molecule has 182 valence electrons. The lowest BCUT2D eigenvalue weighted by Gasteiger charge is -2.18. The maximum absolute atomic E-state index is 9.50. The Balaban J connectivity index is 3.63. The van der Waals surface area contributed by atoms with Crippen LogP contribution in [0.1, 0.15) is 155 Å². The first-order chi connectivity index (χ1) is 14.7. The monoisotopic (exact) mass is 444 g/mol. The van der Waals surface area contributed by atoms with Gasteiger partial charge in [-0.05, 0) is 25.7 Å². The lowest BCUT2D eigenvalue weighted by Crippen LogP contribution is -2.16. The summed E-state index contributed by atoms with van der Waals surface area (Å²) in [6.07, 6.45) is 29.1. The van der Waals surface area contributed by atoms with E-state index in [1.54, 1.807) is 0 Å². The third-order valence-electron chi connectivity index (χ3n) is 6.23. The van der Waals surface area contributed by atoms with Gasteiger partial charge in [0.25, 0.3) is 0 Å². The second-order valence-electron chi connectivity index (χ2n) is 9.35. The zero-order chi connectivity index (χ0) is 22.1. The van der Waals surface area contributed by atoms with Crippen LogP contribution in [0.4, 0.5) is 0 Å². The summed E-state index contributed by atoms with van der Waals surface area (Å²) < 4.78 is 6.18. The van der Waals surface area contributed by atoms with E-state index >= 15 is 0 Å². The van der Waals surface area contributed by atoms with E-state index < -0.39 is 5.44 Å². The van der Waals surface area contributed by atoms with Gasteiger partial charge in [0, 0.05) is 6.61 Å². The number of aliphatic hydroxyl groups excluding tert-OH is 1. The first kappa shape index (κ1) is 30.3. The van der Waals surface area contributed by atoms with Crippen LogP contribution in [0, 0.1) is 0 Å². The Morgan fingerprint density at radius 3 is 1.37 bits per heavy atom. The lowest BCUT2D eigenvalue weighted by molar-refractivity contribution is 0.0317. The van der Waals surface area contributed by atoms with E-state index in [0.717, 1.165) is 25.9 Å². The molecule has 2 unspecified atom stereocenters. The molecule has 0 aromatic carbocycles. The second-order valence-corrected chi connectivity index (χ2v) is 9.95. The highest BCUT2D eigenvalue weighted by Crippen LogP contribution is 2.17. The van der Waals surface area contributed by atoms with E-state index in [4.69, 9.17) is 4.74 Å². The fraction of sp³-hybridized carbons (Fsp3) is 1.00. The number of thiol groups is 1. The number of ether oxygens (including phenoxy) is 1. The molecule has 0 aromatic heterocycles. The van der Waals surface area contributed by atoms with Crippen molar-refractivity contribution in [1.29, 1.82) is 0 Å². The van der Waals surface area contributed by atoms with Crippen LogP contribution in [0.5, 0.6) is 0 Å². The summed E-state index contributed by atoms with van der Waals surface area (Å²) in [6, 6.07) is 0. The minimum Gasteiger partial charge on any atom is -0.383 e. The molecule has 0 saturated carbocycles. The molecular weight excluding hydrogens is 388 g/mol. The fourth-order valence-electron chi connectivity index (χ4n) is 4.17. The zero-order valence-corrected chi connectivity index (χ0v) is 21.6. The lowest BCUT2D eigenvalue weighted by atomic mass is 10.0. The quantitative estimate of drug-likeness (QED) is 0.0834. The van der Waals surface area contributed by atoms with Crippen molar-refractivity contribution in [2.24, 2.45) is 0 Å². The van der Waals surface area contributed by atoms with Crippen molar-refractivity contribution in [3.05, 3.63) is 0 Å². The van der Waals surface area contributed by atoms with Gasteiger partial charge in [-0.2, -0.15) is 0 Å². The summed E-state index contributed by atoms with van der Waals surface area (Å²) >= 11 is 4.13. The summed E-state index contributed by atoms with van der Waals surface area (Å²) in [5, 5.41) is 9.50. The van der Waals surface area contributed by atoms with E-state index in [2.05, 4.69) is 26.5 Å². The van der Waals surface area contributed by atoms with Crippen LogP contribution in [-0.2, 0) is 4.74 Å². The number of hydrogen-bond acceptors (Lipinski definition) is 3. The molecule has 0 rings (SSSR count).